The number of nitrogens with zero attached hydrogens (tertiary/aromatic N) is 2. The maximum absolute atomic E-state index is 10.8. The van der Waals surface area contributed by atoms with E-state index < -0.39 is 0 Å². The van der Waals surface area contributed by atoms with Crippen LogP contribution in [0, 0.1) is 6.92 Å². The van der Waals surface area contributed by atoms with Crippen LogP contribution in [0.25, 0.3) is 0 Å². The van der Waals surface area contributed by atoms with E-state index in [0.717, 1.165) is 18.8 Å². The van der Waals surface area contributed by atoms with Crippen molar-refractivity contribution in [2.75, 3.05) is 18.0 Å². The molecule has 0 fully saturated rings. The first kappa shape index (κ1) is 31.8. The van der Waals surface area contributed by atoms with Gasteiger partial charge < -0.3 is 4.90 Å². The molecule has 2 aromatic rings. The number of pyridine rings is 1. The van der Waals surface area contributed by atoms with E-state index in [2.05, 4.69) is 97.3 Å². The van der Waals surface area contributed by atoms with E-state index in [1.54, 1.807) is 25.3 Å². The lowest BCUT2D eigenvalue weighted by Gasteiger charge is -2.30. The maximum atomic E-state index is 10.8. The average Bonchev–Trinajstić information content (AvgIpc) is 2.73. The SMILES string of the molecule is CC(=O)c1cccnc1C.CCC.CCCN(CCC)c1cc(C(C)(C)C)cc(C(C)(C)C)c1. The van der Waals surface area contributed by atoms with E-state index in [9.17, 15) is 4.79 Å². The Morgan fingerprint density at radius 2 is 1.29 bits per heavy atom. The maximum Gasteiger partial charge on any atom is 0.161 e. The van der Waals surface area contributed by atoms with E-state index in [1.165, 1.54) is 36.1 Å². The third-order valence-electron chi connectivity index (χ3n) is 5.39. The normalized spacial score (nSPS) is 11.1. The zero-order chi connectivity index (χ0) is 26.5. The van der Waals surface area contributed by atoms with Gasteiger partial charge in [0.25, 0.3) is 0 Å². The zero-order valence-electron chi connectivity index (χ0n) is 24.3. The van der Waals surface area contributed by atoms with Crippen molar-refractivity contribution in [3.8, 4) is 0 Å². The van der Waals surface area contributed by atoms with Gasteiger partial charge in [0.2, 0.25) is 0 Å². The van der Waals surface area contributed by atoms with Gasteiger partial charge in [-0.2, -0.15) is 0 Å². The average molecular weight is 469 g/mol. The summed E-state index contributed by atoms with van der Waals surface area (Å²) in [6.45, 7) is 28.3. The molecule has 0 atom stereocenters. The van der Waals surface area contributed by atoms with Gasteiger partial charge in [-0.15, -0.1) is 0 Å². The van der Waals surface area contributed by atoms with Crippen molar-refractivity contribution in [1.29, 1.82) is 0 Å². The van der Waals surface area contributed by atoms with Gasteiger partial charge in [0, 0.05) is 36.2 Å². The molecule has 3 heteroatoms. The molecule has 1 aromatic carbocycles. The Morgan fingerprint density at radius 1 is 0.853 bits per heavy atom. The van der Waals surface area contributed by atoms with Crippen LogP contribution in [0.3, 0.4) is 0 Å². The number of rotatable bonds is 6. The van der Waals surface area contributed by atoms with Crippen molar-refractivity contribution >= 4 is 11.5 Å². The van der Waals surface area contributed by atoms with Crippen molar-refractivity contribution in [3.63, 3.8) is 0 Å². The molecule has 34 heavy (non-hydrogen) atoms. The second kappa shape index (κ2) is 15.0. The topological polar surface area (TPSA) is 33.2 Å². The minimum Gasteiger partial charge on any atom is -0.372 e. The Kier molecular flexibility index (Phi) is 14.0. The van der Waals surface area contributed by atoms with Gasteiger partial charge in [-0.3, -0.25) is 9.78 Å². The van der Waals surface area contributed by atoms with Crippen molar-refractivity contribution in [2.24, 2.45) is 0 Å². The molecule has 0 aliphatic carbocycles. The van der Waals surface area contributed by atoms with Crippen LogP contribution < -0.4 is 4.90 Å². The van der Waals surface area contributed by atoms with E-state index in [0.29, 0.717) is 5.56 Å². The smallest absolute Gasteiger partial charge is 0.161 e. The van der Waals surface area contributed by atoms with Gasteiger partial charge in [-0.1, -0.05) is 81.7 Å². The molecule has 3 nitrogen and oxygen atoms in total. The minimum absolute atomic E-state index is 0.0746. The lowest BCUT2D eigenvalue weighted by Crippen LogP contribution is -2.26. The second-order valence-electron chi connectivity index (χ2n) is 11.2. The molecule has 0 radical (unpaired) electrons. The molecule has 0 saturated carbocycles. The number of anilines is 1. The van der Waals surface area contributed by atoms with E-state index in [1.807, 2.05) is 6.92 Å². The van der Waals surface area contributed by atoms with Gasteiger partial charge in [0.1, 0.15) is 0 Å². The molecule has 2 rings (SSSR count). The van der Waals surface area contributed by atoms with Crippen LogP contribution in [0.1, 0.15) is 123 Å². The third kappa shape index (κ3) is 11.3. The number of Topliss-reactive ketones (excluding diaryl/α,β-unsaturated/α-hetero) is 1. The summed E-state index contributed by atoms with van der Waals surface area (Å²) in [7, 11) is 0. The molecule has 0 spiro atoms. The lowest BCUT2D eigenvalue weighted by molar-refractivity contribution is 0.101. The van der Waals surface area contributed by atoms with Crippen LogP contribution in [0.5, 0.6) is 0 Å². The standard InChI is InChI=1S/C20H35N.C8H9NO.C3H8/c1-9-11-21(12-10-2)18-14-16(19(3,4)5)13-17(15-18)20(6,7)8;1-6-8(7(2)10)4-3-5-9-6;1-3-2/h13-15H,9-12H2,1-8H3;3-5H,1-2H3;3H2,1-2H3. The highest BCUT2D eigenvalue weighted by atomic mass is 16.1. The molecule has 0 amide bonds. The number of aryl methyl sites for hydroxylation is 1. The first-order valence-corrected chi connectivity index (χ1v) is 13.1. The van der Waals surface area contributed by atoms with Crippen molar-refractivity contribution in [1.82, 2.24) is 4.98 Å². The summed E-state index contributed by atoms with van der Waals surface area (Å²) >= 11 is 0. The van der Waals surface area contributed by atoms with E-state index >= 15 is 0 Å². The number of aromatic nitrogens is 1. The summed E-state index contributed by atoms with van der Waals surface area (Å²) in [5, 5.41) is 0. The van der Waals surface area contributed by atoms with Crippen molar-refractivity contribution < 1.29 is 4.79 Å². The zero-order valence-corrected chi connectivity index (χ0v) is 24.3. The molecular formula is C31H52N2O. The summed E-state index contributed by atoms with van der Waals surface area (Å²) in [6.07, 6.45) is 5.33. The van der Waals surface area contributed by atoms with Gasteiger partial charge in [0.15, 0.2) is 5.78 Å². The van der Waals surface area contributed by atoms with Crippen LogP contribution in [0.4, 0.5) is 5.69 Å². The Morgan fingerprint density at radius 3 is 1.59 bits per heavy atom. The fourth-order valence-corrected chi connectivity index (χ4v) is 3.43. The number of hydrogen-bond acceptors (Lipinski definition) is 3. The van der Waals surface area contributed by atoms with Crippen molar-refractivity contribution in [3.05, 3.63) is 58.9 Å². The van der Waals surface area contributed by atoms with Crippen LogP contribution in [0.2, 0.25) is 0 Å². The number of ketones is 1. The molecule has 1 heterocycles. The summed E-state index contributed by atoms with van der Waals surface area (Å²) in [4.78, 5) is 17.4. The lowest BCUT2D eigenvalue weighted by atomic mass is 9.80. The Hall–Kier alpha value is -2.16. The Balaban J connectivity index is 0.000000692. The summed E-state index contributed by atoms with van der Waals surface area (Å²) in [5.41, 5.74) is 6.19. The molecule has 0 unspecified atom stereocenters. The molecule has 1 aromatic heterocycles. The minimum atomic E-state index is 0.0746. The van der Waals surface area contributed by atoms with Gasteiger partial charge in [-0.25, -0.2) is 0 Å². The number of carbonyl (C=O) groups is 1. The summed E-state index contributed by atoms with van der Waals surface area (Å²) in [5.74, 6) is 0.0746. The van der Waals surface area contributed by atoms with Crippen LogP contribution in [-0.2, 0) is 10.8 Å². The molecule has 0 N–H and O–H groups in total. The fourth-order valence-electron chi connectivity index (χ4n) is 3.43. The summed E-state index contributed by atoms with van der Waals surface area (Å²) < 4.78 is 0. The van der Waals surface area contributed by atoms with Gasteiger partial charge in [-0.05, 0) is 72.9 Å². The highest BCUT2D eigenvalue weighted by Crippen LogP contribution is 2.33. The molecule has 0 bridgehead atoms. The fraction of sp³-hybridized carbons (Fsp3) is 0.613. The van der Waals surface area contributed by atoms with Gasteiger partial charge in [0.05, 0.1) is 0 Å². The summed E-state index contributed by atoms with van der Waals surface area (Å²) in [6, 6.07) is 10.8. The third-order valence-corrected chi connectivity index (χ3v) is 5.39. The van der Waals surface area contributed by atoms with Gasteiger partial charge >= 0.3 is 0 Å². The second-order valence-corrected chi connectivity index (χ2v) is 11.2. The van der Waals surface area contributed by atoms with Crippen LogP contribution in [-0.4, -0.2) is 23.9 Å². The predicted octanol–water partition coefficient (Wildman–Crippen LogP) is 8.92. The molecule has 0 saturated heterocycles. The molecular weight excluding hydrogens is 416 g/mol. The largest absolute Gasteiger partial charge is 0.372 e. The van der Waals surface area contributed by atoms with E-state index in [-0.39, 0.29) is 16.6 Å². The number of hydrogen-bond donors (Lipinski definition) is 0. The van der Waals surface area contributed by atoms with Crippen LogP contribution in [0.15, 0.2) is 36.5 Å². The molecule has 0 aliphatic heterocycles. The first-order valence-electron chi connectivity index (χ1n) is 13.1. The Bertz CT molecular complexity index is 818. The first-order chi connectivity index (χ1) is 15.7. The molecule has 0 aliphatic rings. The number of carbonyl (C=O) groups excluding carboxylic acids is 1. The molecule has 192 valence electrons. The van der Waals surface area contributed by atoms with Crippen molar-refractivity contribution in [2.45, 2.75) is 113 Å². The highest BCUT2D eigenvalue weighted by Gasteiger charge is 2.21. The quantitative estimate of drug-likeness (QED) is 0.397. The van der Waals surface area contributed by atoms with Crippen LogP contribution >= 0.6 is 0 Å². The number of benzene rings is 1. The highest BCUT2D eigenvalue weighted by molar-refractivity contribution is 5.94. The van der Waals surface area contributed by atoms with E-state index in [4.69, 9.17) is 0 Å². The Labute approximate surface area is 211 Å². The monoisotopic (exact) mass is 468 g/mol. The predicted molar refractivity (Wildman–Crippen MR) is 152 cm³/mol.